The van der Waals surface area contributed by atoms with Crippen LogP contribution in [0.15, 0.2) is 0 Å². The average molecular weight is 495 g/mol. The number of hydrogen-bond acceptors (Lipinski definition) is 6. The first kappa shape index (κ1) is 32.8. The van der Waals surface area contributed by atoms with E-state index in [4.69, 9.17) is 14.4 Å². The van der Waals surface area contributed by atoms with Crippen LogP contribution in [0.2, 0.25) is 0 Å². The predicted molar refractivity (Wildman–Crippen MR) is 137 cm³/mol. The van der Waals surface area contributed by atoms with Crippen molar-refractivity contribution in [3.63, 3.8) is 0 Å². The molecule has 0 spiro atoms. The van der Waals surface area contributed by atoms with Gasteiger partial charge in [-0.3, -0.25) is 0 Å². The molecular weight excluding hydrogens is 440 g/mol. The van der Waals surface area contributed by atoms with Crippen molar-refractivity contribution >= 4 is 10.1 Å². The van der Waals surface area contributed by atoms with E-state index >= 15 is 0 Å². The van der Waals surface area contributed by atoms with Crippen molar-refractivity contribution in [2.45, 2.75) is 129 Å². The third-order valence-corrected chi connectivity index (χ3v) is 6.76. The van der Waals surface area contributed by atoms with Crippen LogP contribution in [0.4, 0.5) is 0 Å². The van der Waals surface area contributed by atoms with E-state index in [1.54, 1.807) is 0 Å². The largest absolute Gasteiger partial charge is 0.379 e. The zero-order valence-corrected chi connectivity index (χ0v) is 22.6. The molecule has 0 saturated carbocycles. The first-order valence-electron chi connectivity index (χ1n) is 13.8. The lowest BCUT2D eigenvalue weighted by Gasteiger charge is -2.06. The number of ether oxygens (including phenoxy) is 2. The molecule has 0 amide bonds. The van der Waals surface area contributed by atoms with Crippen molar-refractivity contribution in [2.24, 2.45) is 0 Å². The molecule has 0 bridgehead atoms. The molecule has 0 N–H and O–H groups in total. The summed E-state index contributed by atoms with van der Waals surface area (Å²) in [5.41, 5.74) is 0. The van der Waals surface area contributed by atoms with Crippen molar-refractivity contribution < 1.29 is 27.1 Å². The summed E-state index contributed by atoms with van der Waals surface area (Å²) >= 11 is 0. The number of rotatable bonds is 28. The lowest BCUT2D eigenvalue weighted by molar-refractivity contribution is -0.202. The Morgan fingerprint density at radius 3 is 1.36 bits per heavy atom. The van der Waals surface area contributed by atoms with Crippen LogP contribution >= 0.6 is 0 Å². The van der Waals surface area contributed by atoms with E-state index in [0.29, 0.717) is 26.4 Å². The highest BCUT2D eigenvalue weighted by molar-refractivity contribution is 7.86. The van der Waals surface area contributed by atoms with Crippen LogP contribution in [-0.4, -0.2) is 47.2 Å². The highest BCUT2D eigenvalue weighted by Crippen LogP contribution is 2.14. The van der Waals surface area contributed by atoms with Crippen LogP contribution in [0.25, 0.3) is 0 Å². The minimum Gasteiger partial charge on any atom is -0.379 e. The minimum atomic E-state index is -3.69. The summed E-state index contributed by atoms with van der Waals surface area (Å²) in [7, 11) is -3.69. The standard InChI is InChI=1S/C26H54O6S/c1-3-5-6-7-8-9-10-11-12-13-14-15-16-17-18-19-20-21-22-31-32-33(27,28)26-25-30-24-23-29-4-2/h3-26H2,1-2H3. The fourth-order valence-electron chi connectivity index (χ4n) is 3.73. The smallest absolute Gasteiger partial charge is 0.295 e. The second-order valence-corrected chi connectivity index (χ2v) is 10.6. The van der Waals surface area contributed by atoms with Crippen LogP contribution in [-0.2, 0) is 28.8 Å². The Labute approximate surface area is 205 Å². The Morgan fingerprint density at radius 1 is 0.485 bits per heavy atom. The van der Waals surface area contributed by atoms with Crippen molar-refractivity contribution in [1.29, 1.82) is 0 Å². The molecule has 0 fully saturated rings. The van der Waals surface area contributed by atoms with Gasteiger partial charge in [0.2, 0.25) is 0 Å². The highest BCUT2D eigenvalue weighted by Gasteiger charge is 2.12. The molecular formula is C26H54O6S. The Balaban J connectivity index is 3.21. The molecule has 0 heterocycles. The second kappa shape index (κ2) is 26.4. The number of unbranched alkanes of at least 4 members (excludes halogenated alkanes) is 17. The van der Waals surface area contributed by atoms with Gasteiger partial charge in [0.15, 0.2) is 0 Å². The van der Waals surface area contributed by atoms with Gasteiger partial charge in [-0.1, -0.05) is 116 Å². The topological polar surface area (TPSA) is 71.1 Å². The van der Waals surface area contributed by atoms with Gasteiger partial charge in [0.05, 0.1) is 26.4 Å². The van der Waals surface area contributed by atoms with Gasteiger partial charge in [-0.15, -0.1) is 4.33 Å². The quantitative estimate of drug-likeness (QED) is 0.0643. The van der Waals surface area contributed by atoms with Crippen LogP contribution in [0, 0.1) is 0 Å². The Morgan fingerprint density at radius 2 is 0.909 bits per heavy atom. The summed E-state index contributed by atoms with van der Waals surface area (Å²) in [6.07, 6.45) is 23.8. The van der Waals surface area contributed by atoms with E-state index in [2.05, 4.69) is 11.3 Å². The minimum absolute atomic E-state index is 0.0813. The molecule has 7 heteroatoms. The molecule has 6 nitrogen and oxygen atoms in total. The van der Waals surface area contributed by atoms with Gasteiger partial charge in [-0.25, -0.2) is 4.89 Å². The molecule has 0 aromatic rings. The van der Waals surface area contributed by atoms with Gasteiger partial charge in [-0.2, -0.15) is 8.42 Å². The normalized spacial score (nSPS) is 11.9. The lowest BCUT2D eigenvalue weighted by Crippen LogP contribution is -2.17. The molecule has 0 unspecified atom stereocenters. The van der Waals surface area contributed by atoms with E-state index < -0.39 is 10.1 Å². The third-order valence-electron chi connectivity index (χ3n) is 5.79. The molecule has 200 valence electrons. The van der Waals surface area contributed by atoms with Gasteiger partial charge in [-0.05, 0) is 13.3 Å². The maximum atomic E-state index is 11.7. The molecule has 0 atom stereocenters. The van der Waals surface area contributed by atoms with Crippen molar-refractivity contribution in [2.75, 3.05) is 38.8 Å². The summed E-state index contributed by atoms with van der Waals surface area (Å²) in [4.78, 5) is 4.85. The van der Waals surface area contributed by atoms with E-state index in [-0.39, 0.29) is 12.4 Å². The van der Waals surface area contributed by atoms with Gasteiger partial charge in [0, 0.05) is 6.61 Å². The second-order valence-electron chi connectivity index (χ2n) is 8.97. The van der Waals surface area contributed by atoms with E-state index in [1.165, 1.54) is 103 Å². The van der Waals surface area contributed by atoms with E-state index in [0.717, 1.165) is 12.8 Å². The van der Waals surface area contributed by atoms with Crippen LogP contribution in [0.1, 0.15) is 129 Å². The van der Waals surface area contributed by atoms with Gasteiger partial charge >= 0.3 is 0 Å². The van der Waals surface area contributed by atoms with Gasteiger partial charge in [0.25, 0.3) is 10.1 Å². The molecule has 33 heavy (non-hydrogen) atoms. The Bertz CT molecular complexity index is 469. The molecule has 0 rings (SSSR count). The van der Waals surface area contributed by atoms with Crippen LogP contribution in [0.5, 0.6) is 0 Å². The van der Waals surface area contributed by atoms with E-state index in [1.807, 2.05) is 6.92 Å². The predicted octanol–water partition coefficient (Wildman–Crippen LogP) is 7.36. The molecule has 0 saturated heterocycles. The molecule has 0 aliphatic heterocycles. The summed E-state index contributed by atoms with van der Waals surface area (Å²) in [5.74, 6) is -0.210. The zero-order chi connectivity index (χ0) is 24.3. The first-order valence-corrected chi connectivity index (χ1v) is 15.4. The molecule has 0 aliphatic rings. The fraction of sp³-hybridized carbons (Fsp3) is 1.00. The van der Waals surface area contributed by atoms with Crippen LogP contribution in [0.3, 0.4) is 0 Å². The van der Waals surface area contributed by atoms with Gasteiger partial charge in [0.1, 0.15) is 5.75 Å². The SMILES string of the molecule is CCCCCCCCCCCCCCCCCCCCOOS(=O)(=O)CCOCCOCC. The summed E-state index contributed by atoms with van der Waals surface area (Å²) < 4.78 is 38.1. The van der Waals surface area contributed by atoms with Crippen molar-refractivity contribution in [1.82, 2.24) is 0 Å². The molecule has 0 aromatic carbocycles. The first-order chi connectivity index (χ1) is 16.1. The molecule has 0 aromatic heterocycles. The summed E-state index contributed by atoms with van der Waals surface area (Å²) in [6, 6.07) is 0. The monoisotopic (exact) mass is 494 g/mol. The molecule has 0 aliphatic carbocycles. The van der Waals surface area contributed by atoms with Crippen molar-refractivity contribution in [3.8, 4) is 0 Å². The highest BCUT2D eigenvalue weighted by atomic mass is 32.2. The van der Waals surface area contributed by atoms with Crippen molar-refractivity contribution in [3.05, 3.63) is 0 Å². The van der Waals surface area contributed by atoms with E-state index in [9.17, 15) is 8.42 Å². The Kier molecular flexibility index (Phi) is 26.2. The molecule has 0 radical (unpaired) electrons. The van der Waals surface area contributed by atoms with Crippen LogP contribution < -0.4 is 0 Å². The maximum absolute atomic E-state index is 11.7. The third kappa shape index (κ3) is 27.9. The number of hydrogen-bond donors (Lipinski definition) is 0. The fourth-order valence-corrected chi connectivity index (χ4v) is 4.33. The Hall–Kier alpha value is -0.210. The lowest BCUT2D eigenvalue weighted by atomic mass is 10.0. The zero-order valence-electron chi connectivity index (χ0n) is 21.8. The van der Waals surface area contributed by atoms with Gasteiger partial charge < -0.3 is 9.47 Å². The maximum Gasteiger partial charge on any atom is 0.295 e. The average Bonchev–Trinajstić information content (AvgIpc) is 2.80. The summed E-state index contributed by atoms with van der Waals surface area (Å²) in [5, 5.41) is 0. The summed E-state index contributed by atoms with van der Waals surface area (Å²) in [6.45, 7) is 6.03.